The van der Waals surface area contributed by atoms with E-state index < -0.39 is 49.4 Å². The fraction of sp³-hybridized carbons (Fsp3) is 0.500. The lowest BCUT2D eigenvalue weighted by Crippen LogP contribution is -2.34. The van der Waals surface area contributed by atoms with Crippen LogP contribution in [0.4, 0.5) is 0 Å². The van der Waals surface area contributed by atoms with E-state index >= 15 is 0 Å². The molecule has 0 aromatic heterocycles. The number of carbonyl (C=O) groups is 2. The second kappa shape index (κ2) is 9.12. The summed E-state index contributed by atoms with van der Waals surface area (Å²) in [6, 6.07) is 0. The van der Waals surface area contributed by atoms with E-state index in [1.165, 1.54) is 6.08 Å². The van der Waals surface area contributed by atoms with Crippen molar-refractivity contribution in [1.29, 1.82) is 0 Å². The maximum absolute atomic E-state index is 12.4. The van der Waals surface area contributed by atoms with Gasteiger partial charge >= 0.3 is 11.9 Å². The maximum Gasteiger partial charge on any atom is 0.336 e. The smallest absolute Gasteiger partial charge is 0.336 e. The van der Waals surface area contributed by atoms with Crippen molar-refractivity contribution in [3.05, 3.63) is 47.1 Å². The lowest BCUT2D eigenvalue weighted by Gasteiger charge is -2.28. The van der Waals surface area contributed by atoms with Crippen LogP contribution in [0.3, 0.4) is 0 Å². The van der Waals surface area contributed by atoms with Crippen LogP contribution in [0.5, 0.6) is 0 Å². The van der Waals surface area contributed by atoms with Crippen LogP contribution in [0.1, 0.15) is 26.7 Å². The number of esters is 2. The maximum atomic E-state index is 12.4. The SMILES string of the molecule is C=C1C(=O)O[C@@H]2/C=C(/C)[C@H](O)C/C=C(/C)C[C@@H](OC(=O)/C(=C/CO)CO)[C@@H]12. The van der Waals surface area contributed by atoms with Crippen molar-refractivity contribution < 1.29 is 34.4 Å². The van der Waals surface area contributed by atoms with Crippen molar-refractivity contribution in [2.24, 2.45) is 5.92 Å². The van der Waals surface area contributed by atoms with Crippen LogP contribution in [0.2, 0.25) is 0 Å². The third-order valence-electron chi connectivity index (χ3n) is 4.86. The summed E-state index contributed by atoms with van der Waals surface area (Å²) >= 11 is 0. The van der Waals surface area contributed by atoms with Crippen LogP contribution in [0.25, 0.3) is 0 Å². The summed E-state index contributed by atoms with van der Waals surface area (Å²) in [5, 5.41) is 28.5. The molecule has 0 saturated carbocycles. The first kappa shape index (κ1) is 21.1. The molecule has 1 fully saturated rings. The van der Waals surface area contributed by atoms with E-state index in [1.807, 2.05) is 13.0 Å². The number of ether oxygens (including phenoxy) is 2. The van der Waals surface area contributed by atoms with E-state index in [9.17, 15) is 19.8 Å². The van der Waals surface area contributed by atoms with Gasteiger partial charge in [-0.2, -0.15) is 0 Å². The van der Waals surface area contributed by atoms with E-state index in [4.69, 9.17) is 14.6 Å². The first-order chi connectivity index (χ1) is 12.8. The molecule has 0 bridgehead atoms. The Morgan fingerprint density at radius 3 is 2.74 bits per heavy atom. The van der Waals surface area contributed by atoms with E-state index in [2.05, 4.69) is 6.58 Å². The lowest BCUT2D eigenvalue weighted by molar-refractivity contribution is -0.147. The topological polar surface area (TPSA) is 113 Å². The predicted octanol–water partition coefficient (Wildman–Crippen LogP) is 0.954. The van der Waals surface area contributed by atoms with E-state index in [0.717, 1.165) is 5.57 Å². The molecule has 1 aliphatic carbocycles. The van der Waals surface area contributed by atoms with Gasteiger partial charge in [0.1, 0.15) is 12.2 Å². The summed E-state index contributed by atoms with van der Waals surface area (Å²) < 4.78 is 11.0. The highest BCUT2D eigenvalue weighted by atomic mass is 16.6. The highest BCUT2D eigenvalue weighted by molar-refractivity contribution is 5.92. The molecule has 0 spiro atoms. The summed E-state index contributed by atoms with van der Waals surface area (Å²) in [4.78, 5) is 24.5. The Bertz CT molecular complexity index is 701. The van der Waals surface area contributed by atoms with E-state index in [1.54, 1.807) is 13.0 Å². The number of fused-ring (bicyclic) bond motifs is 1. The fourth-order valence-corrected chi connectivity index (χ4v) is 3.23. The van der Waals surface area contributed by atoms with Crippen molar-refractivity contribution in [2.75, 3.05) is 13.2 Å². The summed E-state index contributed by atoms with van der Waals surface area (Å²) in [6.45, 7) is 6.41. The largest absolute Gasteiger partial charge is 0.458 e. The number of carbonyl (C=O) groups excluding carboxylic acids is 2. The highest BCUT2D eigenvalue weighted by Gasteiger charge is 2.44. The highest BCUT2D eigenvalue weighted by Crippen LogP contribution is 2.36. The molecule has 0 aromatic carbocycles. The third kappa shape index (κ3) is 4.94. The molecule has 2 rings (SSSR count). The number of aliphatic hydroxyl groups excluding tert-OH is 3. The van der Waals surface area contributed by atoms with Crippen LogP contribution in [-0.2, 0) is 19.1 Å². The molecule has 1 saturated heterocycles. The Morgan fingerprint density at radius 1 is 1.41 bits per heavy atom. The van der Waals surface area contributed by atoms with Crippen molar-refractivity contribution in [3.8, 4) is 0 Å². The summed E-state index contributed by atoms with van der Waals surface area (Å²) in [6.07, 6.45) is 3.27. The van der Waals surface area contributed by atoms with Gasteiger partial charge in [0.05, 0.1) is 30.8 Å². The van der Waals surface area contributed by atoms with Gasteiger partial charge in [0.2, 0.25) is 0 Å². The number of rotatable bonds is 4. The van der Waals surface area contributed by atoms with Gasteiger partial charge in [-0.15, -0.1) is 0 Å². The second-order valence-corrected chi connectivity index (χ2v) is 6.85. The molecular formula is C20H26O7. The van der Waals surface area contributed by atoms with Crippen LogP contribution in [-0.4, -0.2) is 58.8 Å². The van der Waals surface area contributed by atoms with Crippen molar-refractivity contribution in [2.45, 2.75) is 45.0 Å². The molecule has 2 aliphatic rings. The lowest BCUT2D eigenvalue weighted by atomic mass is 9.85. The van der Waals surface area contributed by atoms with Crippen LogP contribution >= 0.6 is 0 Å². The van der Waals surface area contributed by atoms with Gasteiger partial charge < -0.3 is 24.8 Å². The Labute approximate surface area is 158 Å². The van der Waals surface area contributed by atoms with Crippen LogP contribution in [0, 0.1) is 5.92 Å². The Hall–Kier alpha value is -2.22. The van der Waals surface area contributed by atoms with Gasteiger partial charge in [-0.3, -0.25) is 0 Å². The van der Waals surface area contributed by atoms with Crippen molar-refractivity contribution in [1.82, 2.24) is 0 Å². The zero-order valence-corrected chi connectivity index (χ0v) is 15.6. The van der Waals surface area contributed by atoms with Crippen LogP contribution < -0.4 is 0 Å². The van der Waals surface area contributed by atoms with Gasteiger partial charge in [0.25, 0.3) is 0 Å². The number of hydrogen-bond acceptors (Lipinski definition) is 7. The first-order valence-corrected chi connectivity index (χ1v) is 8.82. The Morgan fingerprint density at radius 2 is 2.11 bits per heavy atom. The zero-order chi connectivity index (χ0) is 20.1. The zero-order valence-electron chi connectivity index (χ0n) is 15.6. The molecule has 0 aromatic rings. The Balaban J connectivity index is 2.40. The number of hydrogen-bond donors (Lipinski definition) is 3. The molecule has 7 heteroatoms. The Kier molecular flexibility index (Phi) is 7.12. The predicted molar refractivity (Wildman–Crippen MR) is 97.4 cm³/mol. The van der Waals surface area contributed by atoms with Gasteiger partial charge in [0.15, 0.2) is 0 Å². The minimum absolute atomic E-state index is 0.0641. The molecule has 27 heavy (non-hydrogen) atoms. The van der Waals surface area contributed by atoms with Gasteiger partial charge in [-0.1, -0.05) is 18.2 Å². The molecule has 1 aliphatic heterocycles. The standard InChI is InChI=1S/C20H26O7/c1-11-4-5-15(23)12(2)9-17-18(13(3)19(24)26-17)16(8-11)27-20(25)14(10-22)6-7-21/h4,6,9,15-18,21-23H,3,5,7-8,10H2,1-2H3/b11-4-,12-9-,14-6+/t15-,16-,17-,18-/m1/s1. The minimum atomic E-state index is -0.770. The fourth-order valence-electron chi connectivity index (χ4n) is 3.23. The normalized spacial score (nSPS) is 33.3. The van der Waals surface area contributed by atoms with Gasteiger partial charge in [-0.25, -0.2) is 9.59 Å². The molecule has 4 atom stereocenters. The molecule has 7 nitrogen and oxygen atoms in total. The van der Waals surface area contributed by atoms with E-state index in [-0.39, 0.29) is 11.1 Å². The summed E-state index contributed by atoms with van der Waals surface area (Å²) in [5.74, 6) is -1.95. The molecule has 1 heterocycles. The van der Waals surface area contributed by atoms with Crippen molar-refractivity contribution >= 4 is 11.9 Å². The number of aliphatic hydroxyl groups is 3. The monoisotopic (exact) mass is 378 g/mol. The molecule has 0 radical (unpaired) electrons. The molecule has 148 valence electrons. The van der Waals surface area contributed by atoms with Crippen LogP contribution in [0.15, 0.2) is 47.1 Å². The minimum Gasteiger partial charge on any atom is -0.458 e. The first-order valence-electron chi connectivity index (χ1n) is 8.82. The second-order valence-electron chi connectivity index (χ2n) is 6.85. The molecule has 0 amide bonds. The molecular weight excluding hydrogens is 352 g/mol. The average Bonchev–Trinajstić information content (AvgIpc) is 2.89. The summed E-state index contributed by atoms with van der Waals surface area (Å²) in [5.41, 5.74) is 1.66. The van der Waals surface area contributed by atoms with Gasteiger partial charge in [0, 0.05) is 12.0 Å². The molecule has 3 N–H and O–H groups in total. The average molecular weight is 378 g/mol. The third-order valence-corrected chi connectivity index (χ3v) is 4.86. The van der Waals surface area contributed by atoms with E-state index in [0.29, 0.717) is 18.4 Å². The van der Waals surface area contributed by atoms with Crippen molar-refractivity contribution in [3.63, 3.8) is 0 Å². The van der Waals surface area contributed by atoms with Gasteiger partial charge in [-0.05, 0) is 38.0 Å². The molecule has 0 unspecified atom stereocenters. The quantitative estimate of drug-likeness (QED) is 0.379. The summed E-state index contributed by atoms with van der Waals surface area (Å²) in [7, 11) is 0.